The van der Waals surface area contributed by atoms with E-state index < -0.39 is 0 Å². The van der Waals surface area contributed by atoms with Gasteiger partial charge in [-0.2, -0.15) is 0 Å². The van der Waals surface area contributed by atoms with E-state index in [0.29, 0.717) is 18.9 Å². The molecule has 0 saturated carbocycles. The molecule has 0 aliphatic carbocycles. The number of fused-ring (bicyclic) bond motifs is 1. The van der Waals surface area contributed by atoms with E-state index in [-0.39, 0.29) is 5.91 Å². The number of imidazole rings is 1. The molecule has 1 aromatic heterocycles. The molecule has 0 atom stereocenters. The fourth-order valence-electron chi connectivity index (χ4n) is 3.97. The number of amides is 1. The van der Waals surface area contributed by atoms with Gasteiger partial charge in [-0.3, -0.25) is 4.79 Å². The Kier molecular flexibility index (Phi) is 6.02. The number of piperidine rings is 1. The van der Waals surface area contributed by atoms with Crippen LogP contribution in [-0.2, 0) is 17.9 Å². The van der Waals surface area contributed by atoms with Crippen LogP contribution in [0.3, 0.4) is 0 Å². The zero-order valence-corrected chi connectivity index (χ0v) is 16.2. The highest BCUT2D eigenvalue weighted by atomic mass is 16.1. The van der Waals surface area contributed by atoms with Crippen LogP contribution in [0.5, 0.6) is 0 Å². The number of nitrogens with zero attached hydrogens (tertiary/aromatic N) is 2. The molecule has 2 aromatic carbocycles. The molecular formula is C23H28N4O. The summed E-state index contributed by atoms with van der Waals surface area (Å²) < 4.78 is 2.16. The first-order valence-corrected chi connectivity index (χ1v) is 10.2. The van der Waals surface area contributed by atoms with Gasteiger partial charge in [0.15, 0.2) is 0 Å². The molecule has 1 amide bonds. The molecule has 1 saturated heterocycles. The molecular weight excluding hydrogens is 348 g/mol. The van der Waals surface area contributed by atoms with Gasteiger partial charge < -0.3 is 15.2 Å². The summed E-state index contributed by atoms with van der Waals surface area (Å²) in [5.74, 6) is 0.852. The van der Waals surface area contributed by atoms with E-state index >= 15 is 0 Å². The molecule has 1 aliphatic rings. The van der Waals surface area contributed by atoms with Gasteiger partial charge in [0.05, 0.1) is 17.4 Å². The molecule has 5 heteroatoms. The van der Waals surface area contributed by atoms with E-state index in [1.807, 2.05) is 24.5 Å². The number of nitrogens with one attached hydrogen (secondary N) is 2. The van der Waals surface area contributed by atoms with Crippen molar-refractivity contribution in [2.45, 2.75) is 38.8 Å². The highest BCUT2D eigenvalue weighted by Gasteiger charge is 2.14. The normalized spacial score (nSPS) is 15.0. The molecule has 2 heterocycles. The fourth-order valence-corrected chi connectivity index (χ4v) is 3.97. The molecule has 5 nitrogen and oxygen atoms in total. The summed E-state index contributed by atoms with van der Waals surface area (Å²) in [6, 6.07) is 16.6. The third-order valence-corrected chi connectivity index (χ3v) is 5.60. The second-order valence-corrected chi connectivity index (χ2v) is 7.69. The van der Waals surface area contributed by atoms with E-state index in [1.165, 1.54) is 18.4 Å². The van der Waals surface area contributed by atoms with Crippen molar-refractivity contribution in [1.29, 1.82) is 0 Å². The second kappa shape index (κ2) is 9.02. The Morgan fingerprint density at radius 1 is 1.11 bits per heavy atom. The van der Waals surface area contributed by atoms with Gasteiger partial charge in [-0.05, 0) is 61.5 Å². The first kappa shape index (κ1) is 18.7. The number of aromatic nitrogens is 2. The maximum atomic E-state index is 12.2. The van der Waals surface area contributed by atoms with Gasteiger partial charge in [-0.25, -0.2) is 4.98 Å². The monoisotopic (exact) mass is 376 g/mol. The minimum atomic E-state index is 0.157. The number of carbonyl (C=O) groups is 1. The van der Waals surface area contributed by atoms with Crippen LogP contribution < -0.4 is 10.6 Å². The van der Waals surface area contributed by atoms with Crippen molar-refractivity contribution in [3.63, 3.8) is 0 Å². The standard InChI is InChI=1S/C23H28N4O/c28-23(9-8-18-10-12-24-13-11-18)25-15-19-4-3-5-20(14-19)16-27-17-26-21-6-1-2-7-22(21)27/h1-7,14,17-18,24H,8-13,15-16H2,(H,25,28). The van der Waals surface area contributed by atoms with Crippen molar-refractivity contribution in [2.75, 3.05) is 13.1 Å². The maximum Gasteiger partial charge on any atom is 0.220 e. The van der Waals surface area contributed by atoms with Crippen LogP contribution in [0.25, 0.3) is 11.0 Å². The second-order valence-electron chi connectivity index (χ2n) is 7.69. The largest absolute Gasteiger partial charge is 0.352 e. The Bertz CT molecular complexity index is 927. The minimum Gasteiger partial charge on any atom is -0.352 e. The Morgan fingerprint density at radius 2 is 1.93 bits per heavy atom. The SMILES string of the molecule is O=C(CCC1CCNCC1)NCc1cccc(Cn2cnc3ccccc32)c1. The van der Waals surface area contributed by atoms with Crippen molar-refractivity contribution >= 4 is 16.9 Å². The smallest absolute Gasteiger partial charge is 0.220 e. The van der Waals surface area contributed by atoms with E-state index in [0.717, 1.165) is 42.7 Å². The molecule has 28 heavy (non-hydrogen) atoms. The lowest BCUT2D eigenvalue weighted by molar-refractivity contribution is -0.121. The van der Waals surface area contributed by atoms with Crippen molar-refractivity contribution in [2.24, 2.45) is 5.92 Å². The Morgan fingerprint density at radius 3 is 2.82 bits per heavy atom. The van der Waals surface area contributed by atoms with E-state index in [1.54, 1.807) is 0 Å². The molecule has 4 rings (SSSR count). The summed E-state index contributed by atoms with van der Waals surface area (Å²) in [5.41, 5.74) is 4.50. The Hall–Kier alpha value is -2.66. The highest BCUT2D eigenvalue weighted by molar-refractivity contribution is 5.76. The quantitative estimate of drug-likeness (QED) is 0.664. The third-order valence-electron chi connectivity index (χ3n) is 5.60. The summed E-state index contributed by atoms with van der Waals surface area (Å²) in [6.45, 7) is 3.54. The zero-order chi connectivity index (χ0) is 19.2. The van der Waals surface area contributed by atoms with Gasteiger partial charge in [0.2, 0.25) is 5.91 Å². The summed E-state index contributed by atoms with van der Waals surface area (Å²) in [4.78, 5) is 16.7. The molecule has 0 unspecified atom stereocenters. The number of rotatable bonds is 7. The molecule has 0 radical (unpaired) electrons. The fraction of sp³-hybridized carbons (Fsp3) is 0.391. The van der Waals surface area contributed by atoms with Crippen LogP contribution in [0, 0.1) is 5.92 Å². The molecule has 1 aliphatic heterocycles. The van der Waals surface area contributed by atoms with Gasteiger partial charge in [0, 0.05) is 19.5 Å². The van der Waals surface area contributed by atoms with Gasteiger partial charge >= 0.3 is 0 Å². The van der Waals surface area contributed by atoms with Crippen LogP contribution in [-0.4, -0.2) is 28.5 Å². The lowest BCUT2D eigenvalue weighted by Crippen LogP contribution is -2.29. The van der Waals surface area contributed by atoms with Crippen LogP contribution in [0.15, 0.2) is 54.9 Å². The molecule has 3 aromatic rings. The van der Waals surface area contributed by atoms with Crippen molar-refractivity contribution in [1.82, 2.24) is 20.2 Å². The highest BCUT2D eigenvalue weighted by Crippen LogP contribution is 2.18. The summed E-state index contributed by atoms with van der Waals surface area (Å²) in [7, 11) is 0. The average Bonchev–Trinajstić information content (AvgIpc) is 3.15. The predicted octanol–water partition coefficient (Wildman–Crippen LogP) is 3.48. The minimum absolute atomic E-state index is 0.157. The lowest BCUT2D eigenvalue weighted by atomic mass is 9.93. The topological polar surface area (TPSA) is 59.0 Å². The molecule has 146 valence electrons. The van der Waals surface area contributed by atoms with Gasteiger partial charge in [0.25, 0.3) is 0 Å². The number of para-hydroxylation sites is 2. The number of hydrogen-bond acceptors (Lipinski definition) is 3. The first-order valence-electron chi connectivity index (χ1n) is 10.2. The van der Waals surface area contributed by atoms with Crippen molar-refractivity contribution in [3.05, 3.63) is 66.0 Å². The van der Waals surface area contributed by atoms with Crippen molar-refractivity contribution < 1.29 is 4.79 Å². The number of carbonyl (C=O) groups excluding carboxylic acids is 1. The van der Waals surface area contributed by atoms with Crippen LogP contribution in [0.1, 0.15) is 36.8 Å². The Labute approximate surface area is 166 Å². The van der Waals surface area contributed by atoms with Crippen LogP contribution in [0.4, 0.5) is 0 Å². The van der Waals surface area contributed by atoms with Crippen LogP contribution >= 0.6 is 0 Å². The molecule has 1 fully saturated rings. The summed E-state index contributed by atoms with van der Waals surface area (Å²) in [5, 5.41) is 6.45. The first-order chi connectivity index (χ1) is 13.8. The molecule has 2 N–H and O–H groups in total. The van der Waals surface area contributed by atoms with E-state index in [4.69, 9.17) is 0 Å². The summed E-state index contributed by atoms with van der Waals surface area (Å²) >= 11 is 0. The third kappa shape index (κ3) is 4.78. The predicted molar refractivity (Wildman–Crippen MR) is 112 cm³/mol. The summed E-state index contributed by atoms with van der Waals surface area (Å²) in [6.07, 6.45) is 5.91. The molecule has 0 spiro atoms. The number of hydrogen-bond donors (Lipinski definition) is 2. The van der Waals surface area contributed by atoms with Gasteiger partial charge in [-0.1, -0.05) is 36.4 Å². The van der Waals surface area contributed by atoms with Gasteiger partial charge in [0.1, 0.15) is 0 Å². The zero-order valence-electron chi connectivity index (χ0n) is 16.2. The van der Waals surface area contributed by atoms with Gasteiger partial charge in [-0.15, -0.1) is 0 Å². The Balaban J connectivity index is 1.30. The van der Waals surface area contributed by atoms with E-state index in [9.17, 15) is 4.79 Å². The average molecular weight is 377 g/mol. The number of benzene rings is 2. The van der Waals surface area contributed by atoms with Crippen LogP contribution in [0.2, 0.25) is 0 Å². The van der Waals surface area contributed by atoms with Crippen molar-refractivity contribution in [3.8, 4) is 0 Å². The lowest BCUT2D eigenvalue weighted by Gasteiger charge is -2.22. The molecule has 0 bridgehead atoms. The maximum absolute atomic E-state index is 12.2. The van der Waals surface area contributed by atoms with E-state index in [2.05, 4.69) is 50.5 Å².